The Hall–Kier alpha value is -3.87. The Morgan fingerprint density at radius 3 is 2.45 bits per heavy atom. The van der Waals surface area contributed by atoms with Crippen LogP contribution in [0.15, 0.2) is 84.5 Å². The minimum atomic E-state index is -0.880. The van der Waals surface area contributed by atoms with Crippen LogP contribution in [-0.4, -0.2) is 57.1 Å². The average molecular weight is 545 g/mol. The van der Waals surface area contributed by atoms with Crippen LogP contribution in [0, 0.1) is 5.92 Å². The SMILES string of the molecule is C=C/C=C\C(C)=C(/CF)C(=O)N1CCCC(C(=O)Nc2cccc(N3CCCC3)c2)C1c1ccc(N(C)C)cc1. The van der Waals surface area contributed by atoms with Crippen LogP contribution < -0.4 is 15.1 Å². The molecule has 2 heterocycles. The van der Waals surface area contributed by atoms with E-state index in [2.05, 4.69) is 22.9 Å². The van der Waals surface area contributed by atoms with E-state index in [9.17, 15) is 14.0 Å². The Kier molecular flexibility index (Phi) is 9.80. The lowest BCUT2D eigenvalue weighted by Gasteiger charge is -2.41. The van der Waals surface area contributed by atoms with Crippen LogP contribution >= 0.6 is 0 Å². The summed E-state index contributed by atoms with van der Waals surface area (Å²) in [7, 11) is 3.94. The molecule has 4 rings (SSSR count). The fourth-order valence-corrected chi connectivity index (χ4v) is 5.69. The molecule has 0 saturated carbocycles. The minimum Gasteiger partial charge on any atom is -0.378 e. The molecule has 0 spiro atoms. The number of halogens is 1. The van der Waals surface area contributed by atoms with E-state index in [0.717, 1.165) is 35.7 Å². The maximum Gasteiger partial charge on any atom is 0.253 e. The van der Waals surface area contributed by atoms with Gasteiger partial charge in [0.05, 0.1) is 17.5 Å². The highest BCUT2D eigenvalue weighted by Crippen LogP contribution is 2.39. The third kappa shape index (κ3) is 6.64. The lowest BCUT2D eigenvalue weighted by molar-refractivity contribution is -0.136. The standard InChI is InChI=1S/C33H41FN4O2/c1-5-6-11-24(2)30(23-34)33(40)38-21-10-14-29(31(38)25-15-17-27(18-16-25)36(3)4)32(39)35-26-12-9-13-28(22-26)37-19-7-8-20-37/h5-6,9,11-13,15-18,22,29,31H,1,7-8,10,14,19-21,23H2,2-4H3,(H,35,39)/b11-6-,30-24+. The summed E-state index contributed by atoms with van der Waals surface area (Å²) >= 11 is 0. The number of hydrogen-bond acceptors (Lipinski definition) is 4. The number of carbonyl (C=O) groups excluding carboxylic acids is 2. The van der Waals surface area contributed by atoms with Crippen molar-refractivity contribution in [1.29, 1.82) is 0 Å². The lowest BCUT2D eigenvalue weighted by atomic mass is 9.83. The maximum atomic E-state index is 14.3. The van der Waals surface area contributed by atoms with Gasteiger partial charge in [0, 0.05) is 50.8 Å². The van der Waals surface area contributed by atoms with Crippen molar-refractivity contribution < 1.29 is 14.0 Å². The zero-order chi connectivity index (χ0) is 28.6. The smallest absolute Gasteiger partial charge is 0.253 e. The fourth-order valence-electron chi connectivity index (χ4n) is 5.69. The van der Waals surface area contributed by atoms with Crippen molar-refractivity contribution in [2.24, 2.45) is 5.92 Å². The average Bonchev–Trinajstić information content (AvgIpc) is 3.51. The first-order chi connectivity index (χ1) is 19.3. The number of alkyl halides is 1. The molecule has 2 unspecified atom stereocenters. The van der Waals surface area contributed by atoms with Gasteiger partial charge in [-0.1, -0.05) is 43.0 Å². The van der Waals surface area contributed by atoms with E-state index < -0.39 is 18.6 Å². The quantitative estimate of drug-likeness (QED) is 0.297. The molecule has 2 saturated heterocycles. The van der Waals surface area contributed by atoms with E-state index in [1.807, 2.05) is 61.5 Å². The Bertz CT molecular complexity index is 1260. The van der Waals surface area contributed by atoms with Crippen LogP contribution in [-0.2, 0) is 9.59 Å². The molecule has 6 nitrogen and oxygen atoms in total. The van der Waals surface area contributed by atoms with Crippen molar-refractivity contribution in [3.8, 4) is 0 Å². The summed E-state index contributed by atoms with van der Waals surface area (Å²) in [6.45, 7) is 7.01. The van der Waals surface area contributed by atoms with E-state index in [1.54, 1.807) is 30.1 Å². The first-order valence-electron chi connectivity index (χ1n) is 14.1. The number of allylic oxidation sites excluding steroid dienone is 4. The number of rotatable bonds is 9. The van der Waals surface area contributed by atoms with Gasteiger partial charge in [-0.05, 0) is 74.1 Å². The number of likely N-dealkylation sites (tertiary alicyclic amines) is 1. The second-order valence-corrected chi connectivity index (χ2v) is 10.8. The number of hydrogen-bond donors (Lipinski definition) is 1. The molecule has 0 aliphatic carbocycles. The van der Waals surface area contributed by atoms with Gasteiger partial charge in [0.2, 0.25) is 5.91 Å². The van der Waals surface area contributed by atoms with Crippen LogP contribution in [0.5, 0.6) is 0 Å². The Morgan fingerprint density at radius 2 is 1.80 bits per heavy atom. The number of amides is 2. The van der Waals surface area contributed by atoms with Gasteiger partial charge in [-0.2, -0.15) is 0 Å². The first kappa shape index (κ1) is 29.1. The zero-order valence-corrected chi connectivity index (χ0v) is 23.9. The van der Waals surface area contributed by atoms with Gasteiger partial charge >= 0.3 is 0 Å². The van der Waals surface area contributed by atoms with Gasteiger partial charge in [-0.15, -0.1) is 0 Å². The Morgan fingerprint density at radius 1 is 1.07 bits per heavy atom. The summed E-state index contributed by atoms with van der Waals surface area (Å²) in [6.07, 6.45) is 8.63. The van der Waals surface area contributed by atoms with Gasteiger partial charge in [-0.25, -0.2) is 4.39 Å². The number of anilines is 3. The highest BCUT2D eigenvalue weighted by molar-refractivity contribution is 5.97. The van der Waals surface area contributed by atoms with Crippen molar-refractivity contribution in [2.45, 2.75) is 38.6 Å². The molecular formula is C33H41FN4O2. The molecule has 2 fully saturated rings. The molecule has 0 radical (unpaired) electrons. The van der Waals surface area contributed by atoms with Crippen molar-refractivity contribution in [2.75, 3.05) is 55.5 Å². The molecule has 40 heavy (non-hydrogen) atoms. The number of benzene rings is 2. The highest BCUT2D eigenvalue weighted by atomic mass is 19.1. The van der Waals surface area contributed by atoms with Gasteiger partial charge in [0.15, 0.2) is 0 Å². The van der Waals surface area contributed by atoms with Crippen molar-refractivity contribution in [3.05, 3.63) is 90.0 Å². The van der Waals surface area contributed by atoms with Crippen molar-refractivity contribution in [3.63, 3.8) is 0 Å². The summed E-state index contributed by atoms with van der Waals surface area (Å²) in [6, 6.07) is 15.4. The molecule has 2 aromatic rings. The van der Waals surface area contributed by atoms with E-state index in [4.69, 9.17) is 0 Å². The second-order valence-electron chi connectivity index (χ2n) is 10.8. The molecule has 2 aliphatic rings. The van der Waals surface area contributed by atoms with Gasteiger partial charge < -0.3 is 20.0 Å². The molecule has 2 aromatic carbocycles. The molecule has 2 amide bonds. The van der Waals surface area contributed by atoms with Crippen LogP contribution in [0.25, 0.3) is 0 Å². The number of nitrogens with one attached hydrogen (secondary N) is 1. The Labute approximate surface area is 237 Å². The predicted molar refractivity (Wildman–Crippen MR) is 162 cm³/mol. The van der Waals surface area contributed by atoms with Gasteiger partial charge in [-0.3, -0.25) is 9.59 Å². The summed E-state index contributed by atoms with van der Waals surface area (Å²) in [5.74, 6) is -0.987. The number of piperidine rings is 1. The van der Waals surface area contributed by atoms with Crippen LogP contribution in [0.4, 0.5) is 21.5 Å². The van der Waals surface area contributed by atoms with Crippen LogP contribution in [0.2, 0.25) is 0 Å². The first-order valence-corrected chi connectivity index (χ1v) is 14.1. The molecule has 2 atom stereocenters. The third-order valence-electron chi connectivity index (χ3n) is 7.91. The van der Waals surface area contributed by atoms with E-state index >= 15 is 0 Å². The molecule has 0 aromatic heterocycles. The van der Waals surface area contributed by atoms with Crippen LogP contribution in [0.3, 0.4) is 0 Å². The molecule has 2 aliphatic heterocycles. The maximum absolute atomic E-state index is 14.3. The van der Waals surface area contributed by atoms with Crippen molar-refractivity contribution >= 4 is 28.9 Å². The topological polar surface area (TPSA) is 55.9 Å². The van der Waals surface area contributed by atoms with E-state index in [-0.39, 0.29) is 17.4 Å². The van der Waals surface area contributed by atoms with Gasteiger partial charge in [0.25, 0.3) is 5.91 Å². The van der Waals surface area contributed by atoms with E-state index in [1.165, 1.54) is 12.8 Å². The fraction of sp³-hybridized carbons (Fsp3) is 0.394. The summed E-state index contributed by atoms with van der Waals surface area (Å²) in [5.41, 5.74) is 4.39. The van der Waals surface area contributed by atoms with Gasteiger partial charge in [0.1, 0.15) is 6.67 Å². The summed E-state index contributed by atoms with van der Waals surface area (Å²) in [4.78, 5) is 33.7. The highest BCUT2D eigenvalue weighted by Gasteiger charge is 2.40. The normalized spacial score (nSPS) is 19.9. The molecule has 7 heteroatoms. The molecule has 0 bridgehead atoms. The third-order valence-corrected chi connectivity index (χ3v) is 7.91. The zero-order valence-electron chi connectivity index (χ0n) is 23.9. The molecule has 212 valence electrons. The summed E-state index contributed by atoms with van der Waals surface area (Å²) < 4.78 is 14.3. The number of nitrogens with zero attached hydrogens (tertiary/aromatic N) is 3. The minimum absolute atomic E-state index is 0.104. The monoisotopic (exact) mass is 544 g/mol. The predicted octanol–water partition coefficient (Wildman–Crippen LogP) is 6.30. The number of carbonyl (C=O) groups is 2. The lowest BCUT2D eigenvalue weighted by Crippen LogP contribution is -2.47. The molecular weight excluding hydrogens is 503 g/mol. The van der Waals surface area contributed by atoms with Crippen molar-refractivity contribution in [1.82, 2.24) is 4.90 Å². The summed E-state index contributed by atoms with van der Waals surface area (Å²) in [5, 5.41) is 3.14. The van der Waals surface area contributed by atoms with Crippen LogP contribution in [0.1, 0.15) is 44.2 Å². The molecule has 1 N–H and O–H groups in total. The van der Waals surface area contributed by atoms with E-state index in [0.29, 0.717) is 25.0 Å². The largest absolute Gasteiger partial charge is 0.378 e. The second kappa shape index (κ2) is 13.5. The Balaban J connectivity index is 1.67.